The van der Waals surface area contributed by atoms with Crippen molar-refractivity contribution in [1.29, 1.82) is 0 Å². The van der Waals surface area contributed by atoms with Gasteiger partial charge in [0.05, 0.1) is 0 Å². The lowest BCUT2D eigenvalue weighted by Crippen LogP contribution is -1.78. The van der Waals surface area contributed by atoms with Crippen molar-refractivity contribution in [3.05, 3.63) is 36.0 Å². The van der Waals surface area contributed by atoms with Crippen molar-refractivity contribution >= 4 is 0 Å². The molecule has 0 aliphatic carbocycles. The minimum Gasteiger partial charge on any atom is -0.0955 e. The number of unbranched alkanes of at least 4 members (excludes halogenated alkanes) is 1. The van der Waals surface area contributed by atoms with Gasteiger partial charge in [0, 0.05) is 0 Å². The fraction of sp³-hybridized carbons (Fsp3) is 0.455. The summed E-state index contributed by atoms with van der Waals surface area (Å²) in [5.74, 6) is 0. The zero-order valence-corrected chi connectivity index (χ0v) is 7.85. The Morgan fingerprint density at radius 2 is 2.09 bits per heavy atom. The van der Waals surface area contributed by atoms with Crippen LogP contribution in [0.4, 0.5) is 0 Å². The Morgan fingerprint density at radius 1 is 1.45 bits per heavy atom. The lowest BCUT2D eigenvalue weighted by molar-refractivity contribution is 0.953. The highest BCUT2D eigenvalue weighted by atomic mass is 14.0. The number of allylic oxidation sites excluding steroid dienone is 5. The van der Waals surface area contributed by atoms with Crippen LogP contribution in [0.1, 0.15) is 33.6 Å². The maximum Gasteiger partial charge on any atom is -0.0276 e. The van der Waals surface area contributed by atoms with E-state index in [1.165, 1.54) is 12.0 Å². The number of hydrogen-bond acceptors (Lipinski definition) is 0. The van der Waals surface area contributed by atoms with Crippen molar-refractivity contribution in [3.8, 4) is 0 Å². The molecule has 0 fully saturated rings. The van der Waals surface area contributed by atoms with E-state index in [2.05, 4.69) is 31.7 Å². The van der Waals surface area contributed by atoms with Crippen LogP contribution in [0.2, 0.25) is 0 Å². The van der Waals surface area contributed by atoms with Crippen LogP contribution < -0.4 is 0 Å². The van der Waals surface area contributed by atoms with E-state index in [1.807, 2.05) is 13.8 Å². The maximum absolute atomic E-state index is 3.91. The predicted molar refractivity (Wildman–Crippen MR) is 52.6 cm³/mol. The normalized spacial score (nSPS) is 12.5. The monoisotopic (exact) mass is 150 g/mol. The van der Waals surface area contributed by atoms with Crippen LogP contribution in [-0.4, -0.2) is 0 Å². The molecule has 0 atom stereocenters. The Labute approximate surface area is 70.3 Å². The Balaban J connectivity index is 4.20. The maximum atomic E-state index is 3.91. The second-order valence-electron chi connectivity index (χ2n) is 2.73. The van der Waals surface area contributed by atoms with Gasteiger partial charge in [0.25, 0.3) is 0 Å². The zero-order valence-electron chi connectivity index (χ0n) is 7.85. The summed E-state index contributed by atoms with van der Waals surface area (Å²) in [4.78, 5) is 0. The third-order valence-electron chi connectivity index (χ3n) is 1.49. The molecule has 0 heterocycles. The van der Waals surface area contributed by atoms with E-state index in [0.29, 0.717) is 0 Å². The van der Waals surface area contributed by atoms with Gasteiger partial charge in [-0.05, 0) is 25.8 Å². The van der Waals surface area contributed by atoms with E-state index in [0.717, 1.165) is 12.0 Å². The van der Waals surface area contributed by atoms with Gasteiger partial charge in [-0.25, -0.2) is 0 Å². The first kappa shape index (κ1) is 10.2. The quantitative estimate of drug-likeness (QED) is 0.534. The molecular formula is C11H18. The number of rotatable bonds is 4. The highest BCUT2D eigenvalue weighted by Gasteiger charge is 1.89. The molecule has 0 nitrogen and oxygen atoms in total. The van der Waals surface area contributed by atoms with Gasteiger partial charge in [-0.3, -0.25) is 0 Å². The summed E-state index contributed by atoms with van der Waals surface area (Å²) in [6.07, 6.45) is 8.75. The van der Waals surface area contributed by atoms with E-state index < -0.39 is 0 Å². The van der Waals surface area contributed by atoms with Crippen molar-refractivity contribution in [2.24, 2.45) is 0 Å². The second kappa shape index (κ2) is 5.96. The van der Waals surface area contributed by atoms with Gasteiger partial charge in [-0.15, -0.1) is 0 Å². The summed E-state index contributed by atoms with van der Waals surface area (Å²) in [6.45, 7) is 10.2. The van der Waals surface area contributed by atoms with Gasteiger partial charge in [0.15, 0.2) is 0 Å². The average Bonchev–Trinajstić information content (AvgIpc) is 1.97. The molecule has 0 saturated heterocycles. The summed E-state index contributed by atoms with van der Waals surface area (Å²) >= 11 is 0. The highest BCUT2D eigenvalue weighted by Crippen LogP contribution is 2.09. The smallest absolute Gasteiger partial charge is 0.0276 e. The molecule has 0 aromatic rings. The highest BCUT2D eigenvalue weighted by molar-refractivity contribution is 5.36. The van der Waals surface area contributed by atoms with Crippen LogP contribution in [0.25, 0.3) is 0 Å². The molecule has 0 N–H and O–H groups in total. The van der Waals surface area contributed by atoms with E-state index in [-0.39, 0.29) is 0 Å². The van der Waals surface area contributed by atoms with Crippen LogP contribution in [0.15, 0.2) is 36.0 Å². The minimum atomic E-state index is 1.15. The van der Waals surface area contributed by atoms with Gasteiger partial charge in [0.2, 0.25) is 0 Å². The minimum absolute atomic E-state index is 1.15. The largest absolute Gasteiger partial charge is 0.0955 e. The summed E-state index contributed by atoms with van der Waals surface area (Å²) in [5.41, 5.74) is 2.42. The molecule has 0 aromatic heterocycles. The molecule has 62 valence electrons. The van der Waals surface area contributed by atoms with Crippen LogP contribution >= 0.6 is 0 Å². The SMILES string of the molecule is C=C(C)C(C=CC)=CCCC. The van der Waals surface area contributed by atoms with Gasteiger partial charge in [-0.2, -0.15) is 0 Å². The first-order chi connectivity index (χ1) is 5.22. The standard InChI is InChI=1S/C11H18/c1-5-7-9-11(8-6-2)10(3)4/h6,8-9H,3,5,7H2,1-2,4H3. The van der Waals surface area contributed by atoms with Gasteiger partial charge < -0.3 is 0 Å². The molecule has 0 unspecified atom stereocenters. The molecule has 0 amide bonds. The van der Waals surface area contributed by atoms with E-state index in [9.17, 15) is 0 Å². The molecule has 11 heavy (non-hydrogen) atoms. The predicted octanol–water partition coefficient (Wildman–Crippen LogP) is 3.87. The van der Waals surface area contributed by atoms with Gasteiger partial charge in [0.1, 0.15) is 0 Å². The van der Waals surface area contributed by atoms with Crippen molar-refractivity contribution in [2.75, 3.05) is 0 Å². The Kier molecular flexibility index (Phi) is 5.54. The third-order valence-corrected chi connectivity index (χ3v) is 1.49. The first-order valence-corrected chi connectivity index (χ1v) is 4.21. The third kappa shape index (κ3) is 4.60. The van der Waals surface area contributed by atoms with Gasteiger partial charge >= 0.3 is 0 Å². The molecule has 0 bridgehead atoms. The zero-order chi connectivity index (χ0) is 8.69. The van der Waals surface area contributed by atoms with Gasteiger partial charge in [-0.1, -0.05) is 43.7 Å². The molecule has 0 heteroatoms. The molecule has 0 rings (SSSR count). The molecule has 0 spiro atoms. The summed E-state index contributed by atoms with van der Waals surface area (Å²) < 4.78 is 0. The Bertz CT molecular complexity index is 170. The average molecular weight is 150 g/mol. The molecular weight excluding hydrogens is 132 g/mol. The fourth-order valence-electron chi connectivity index (χ4n) is 0.864. The molecule has 0 radical (unpaired) electrons. The second-order valence-corrected chi connectivity index (χ2v) is 2.73. The molecule has 0 aromatic carbocycles. The first-order valence-electron chi connectivity index (χ1n) is 4.21. The lowest BCUT2D eigenvalue weighted by Gasteiger charge is -1.98. The van der Waals surface area contributed by atoms with E-state index >= 15 is 0 Å². The molecule has 0 aliphatic heterocycles. The summed E-state index contributed by atoms with van der Waals surface area (Å²) in [7, 11) is 0. The lowest BCUT2D eigenvalue weighted by atomic mass is 10.1. The van der Waals surface area contributed by atoms with Crippen LogP contribution in [0.3, 0.4) is 0 Å². The Morgan fingerprint density at radius 3 is 2.45 bits per heavy atom. The fourth-order valence-corrected chi connectivity index (χ4v) is 0.864. The Hall–Kier alpha value is -0.780. The molecule has 0 aliphatic rings. The summed E-state index contributed by atoms with van der Waals surface area (Å²) in [5, 5.41) is 0. The van der Waals surface area contributed by atoms with E-state index in [1.54, 1.807) is 0 Å². The van der Waals surface area contributed by atoms with Crippen molar-refractivity contribution in [3.63, 3.8) is 0 Å². The van der Waals surface area contributed by atoms with Crippen molar-refractivity contribution in [2.45, 2.75) is 33.6 Å². The van der Waals surface area contributed by atoms with Crippen LogP contribution in [0, 0.1) is 0 Å². The topological polar surface area (TPSA) is 0 Å². The van der Waals surface area contributed by atoms with Crippen LogP contribution in [0.5, 0.6) is 0 Å². The van der Waals surface area contributed by atoms with Crippen molar-refractivity contribution in [1.82, 2.24) is 0 Å². The number of hydrogen-bond donors (Lipinski definition) is 0. The van der Waals surface area contributed by atoms with Crippen molar-refractivity contribution < 1.29 is 0 Å². The van der Waals surface area contributed by atoms with Crippen LogP contribution in [-0.2, 0) is 0 Å². The summed E-state index contributed by atoms with van der Waals surface area (Å²) in [6, 6.07) is 0. The van der Waals surface area contributed by atoms with E-state index in [4.69, 9.17) is 0 Å². The molecule has 0 saturated carbocycles.